The third-order valence-corrected chi connectivity index (χ3v) is 3.52. The maximum Gasteiger partial charge on any atom is 0.335 e. The Labute approximate surface area is 127 Å². The van der Waals surface area contributed by atoms with E-state index in [1.54, 1.807) is 12.1 Å². The lowest BCUT2D eigenvalue weighted by Gasteiger charge is -2.08. The Morgan fingerprint density at radius 1 is 1.18 bits per heavy atom. The number of hydrogen-bond donors (Lipinski definition) is 1. The summed E-state index contributed by atoms with van der Waals surface area (Å²) in [5.41, 5.74) is 2.28. The van der Waals surface area contributed by atoms with Crippen LogP contribution in [-0.2, 0) is 13.2 Å². The number of aromatic carboxylic acids is 1. The molecule has 112 valence electrons. The zero-order chi connectivity index (χ0) is 15.5. The van der Waals surface area contributed by atoms with Crippen molar-refractivity contribution in [2.75, 3.05) is 0 Å². The highest BCUT2D eigenvalue weighted by molar-refractivity contribution is 5.87. The number of carboxylic acid groups (broad SMARTS) is 1. The van der Waals surface area contributed by atoms with E-state index in [2.05, 4.69) is 16.5 Å². The van der Waals surface area contributed by atoms with Crippen LogP contribution in [0.2, 0.25) is 0 Å². The number of rotatable bonds is 5. The maximum absolute atomic E-state index is 10.8. The summed E-state index contributed by atoms with van der Waals surface area (Å²) in [5.74, 6) is 0.532. The molecule has 1 heterocycles. The number of benzene rings is 2. The molecule has 1 N–H and O–H groups in total. The average Bonchev–Trinajstić information content (AvgIpc) is 2.90. The molecule has 0 spiro atoms. The largest absolute Gasteiger partial charge is 0.486 e. The number of aryl methyl sites for hydroxylation is 1. The normalized spacial score (nSPS) is 10.8. The number of imidazole rings is 1. The van der Waals surface area contributed by atoms with Gasteiger partial charge in [0.2, 0.25) is 0 Å². The molecule has 0 fully saturated rings. The van der Waals surface area contributed by atoms with Crippen LogP contribution in [0, 0.1) is 0 Å². The van der Waals surface area contributed by atoms with Gasteiger partial charge in [-0.2, -0.15) is 0 Å². The molecule has 0 saturated heterocycles. The predicted octanol–water partition coefficient (Wildman–Crippen LogP) is 3.33. The van der Waals surface area contributed by atoms with Crippen LogP contribution in [0.15, 0.2) is 48.5 Å². The van der Waals surface area contributed by atoms with Crippen LogP contribution in [0.4, 0.5) is 0 Å². The summed E-state index contributed by atoms with van der Waals surface area (Å²) >= 11 is 0. The minimum absolute atomic E-state index is 0.244. The standard InChI is InChI=1S/C17H16N2O3/c1-2-19-15-6-4-3-5-14(15)18-16(19)11-22-13-9-7-12(8-10-13)17(20)21/h3-10H,2,11H2,1H3,(H,20,21). The fraction of sp³-hybridized carbons (Fsp3) is 0.176. The van der Waals surface area contributed by atoms with Crippen LogP contribution in [-0.4, -0.2) is 20.6 Å². The zero-order valence-corrected chi connectivity index (χ0v) is 12.2. The van der Waals surface area contributed by atoms with E-state index >= 15 is 0 Å². The molecule has 0 aliphatic heterocycles. The summed E-state index contributed by atoms with van der Waals surface area (Å²) in [4.78, 5) is 15.4. The van der Waals surface area contributed by atoms with Gasteiger partial charge in [0, 0.05) is 6.54 Å². The van der Waals surface area contributed by atoms with E-state index in [0.717, 1.165) is 23.4 Å². The first kappa shape index (κ1) is 14.1. The van der Waals surface area contributed by atoms with Gasteiger partial charge in [-0.1, -0.05) is 12.1 Å². The average molecular weight is 296 g/mol. The van der Waals surface area contributed by atoms with Gasteiger partial charge >= 0.3 is 5.97 Å². The maximum atomic E-state index is 10.8. The Bertz CT molecular complexity index is 806. The van der Waals surface area contributed by atoms with Gasteiger partial charge in [0.05, 0.1) is 16.6 Å². The third-order valence-electron chi connectivity index (χ3n) is 3.52. The van der Waals surface area contributed by atoms with Crippen molar-refractivity contribution in [3.63, 3.8) is 0 Å². The molecule has 0 unspecified atom stereocenters. The molecule has 5 heteroatoms. The van der Waals surface area contributed by atoms with Crippen molar-refractivity contribution in [2.24, 2.45) is 0 Å². The van der Waals surface area contributed by atoms with E-state index in [4.69, 9.17) is 9.84 Å². The monoisotopic (exact) mass is 296 g/mol. The van der Waals surface area contributed by atoms with Crippen molar-refractivity contribution in [3.05, 3.63) is 59.9 Å². The smallest absolute Gasteiger partial charge is 0.335 e. The number of hydrogen-bond acceptors (Lipinski definition) is 3. The Hall–Kier alpha value is -2.82. The molecule has 5 nitrogen and oxygen atoms in total. The summed E-state index contributed by atoms with van der Waals surface area (Å²) in [6, 6.07) is 14.3. The van der Waals surface area contributed by atoms with Crippen LogP contribution >= 0.6 is 0 Å². The lowest BCUT2D eigenvalue weighted by atomic mass is 10.2. The fourth-order valence-corrected chi connectivity index (χ4v) is 2.43. The number of fused-ring (bicyclic) bond motifs is 1. The number of ether oxygens (including phenoxy) is 1. The van der Waals surface area contributed by atoms with Gasteiger partial charge in [-0.05, 0) is 43.3 Å². The van der Waals surface area contributed by atoms with Gasteiger partial charge in [0.25, 0.3) is 0 Å². The van der Waals surface area contributed by atoms with Crippen molar-refractivity contribution >= 4 is 17.0 Å². The second kappa shape index (κ2) is 5.89. The third kappa shape index (κ3) is 2.65. The molecule has 1 aromatic heterocycles. The van der Waals surface area contributed by atoms with Crippen molar-refractivity contribution in [1.29, 1.82) is 0 Å². The summed E-state index contributed by atoms with van der Waals surface area (Å²) in [6.45, 7) is 3.23. The first-order valence-corrected chi connectivity index (χ1v) is 7.09. The predicted molar refractivity (Wildman–Crippen MR) is 83.1 cm³/mol. The molecule has 0 atom stereocenters. The highest BCUT2D eigenvalue weighted by atomic mass is 16.5. The zero-order valence-electron chi connectivity index (χ0n) is 12.2. The van der Waals surface area contributed by atoms with Crippen LogP contribution in [0.1, 0.15) is 23.1 Å². The van der Waals surface area contributed by atoms with Gasteiger partial charge in [-0.25, -0.2) is 9.78 Å². The minimum atomic E-state index is -0.945. The van der Waals surface area contributed by atoms with Crippen molar-refractivity contribution in [2.45, 2.75) is 20.1 Å². The van der Waals surface area contributed by atoms with E-state index in [1.165, 1.54) is 12.1 Å². The van der Waals surface area contributed by atoms with E-state index < -0.39 is 5.97 Å². The Morgan fingerprint density at radius 2 is 1.91 bits per heavy atom. The summed E-state index contributed by atoms with van der Waals surface area (Å²) in [6.07, 6.45) is 0. The molecule has 0 aliphatic rings. The number of aromatic nitrogens is 2. The molecule has 0 aliphatic carbocycles. The molecular weight excluding hydrogens is 280 g/mol. The molecule has 3 aromatic rings. The summed E-state index contributed by atoms with van der Waals surface area (Å²) < 4.78 is 7.83. The molecule has 0 radical (unpaired) electrons. The number of carbonyl (C=O) groups is 1. The molecule has 22 heavy (non-hydrogen) atoms. The van der Waals surface area contributed by atoms with E-state index in [9.17, 15) is 4.79 Å². The van der Waals surface area contributed by atoms with E-state index in [1.807, 2.05) is 24.3 Å². The van der Waals surface area contributed by atoms with Gasteiger partial charge in [0.15, 0.2) is 0 Å². The van der Waals surface area contributed by atoms with Crippen molar-refractivity contribution in [1.82, 2.24) is 9.55 Å². The van der Waals surface area contributed by atoms with Gasteiger partial charge < -0.3 is 14.4 Å². The van der Waals surface area contributed by atoms with E-state index in [0.29, 0.717) is 12.4 Å². The Morgan fingerprint density at radius 3 is 2.59 bits per heavy atom. The number of carboxylic acids is 1. The molecular formula is C17H16N2O3. The first-order valence-electron chi connectivity index (χ1n) is 7.09. The van der Waals surface area contributed by atoms with Gasteiger partial charge in [0.1, 0.15) is 18.2 Å². The van der Waals surface area contributed by atoms with Crippen LogP contribution < -0.4 is 4.74 Å². The Balaban J connectivity index is 1.80. The lowest BCUT2D eigenvalue weighted by Crippen LogP contribution is -2.06. The quantitative estimate of drug-likeness (QED) is 0.784. The second-order valence-corrected chi connectivity index (χ2v) is 4.88. The van der Waals surface area contributed by atoms with Gasteiger partial charge in [-0.3, -0.25) is 0 Å². The van der Waals surface area contributed by atoms with Crippen LogP contribution in [0.25, 0.3) is 11.0 Å². The fourth-order valence-electron chi connectivity index (χ4n) is 2.43. The lowest BCUT2D eigenvalue weighted by molar-refractivity contribution is 0.0697. The topological polar surface area (TPSA) is 64.3 Å². The SMILES string of the molecule is CCn1c(COc2ccc(C(=O)O)cc2)nc2ccccc21. The van der Waals surface area contributed by atoms with Crippen LogP contribution in [0.5, 0.6) is 5.75 Å². The van der Waals surface area contributed by atoms with Crippen LogP contribution in [0.3, 0.4) is 0 Å². The van der Waals surface area contributed by atoms with Gasteiger partial charge in [-0.15, -0.1) is 0 Å². The Kier molecular flexibility index (Phi) is 3.78. The van der Waals surface area contributed by atoms with Crippen molar-refractivity contribution < 1.29 is 14.6 Å². The summed E-state index contributed by atoms with van der Waals surface area (Å²) in [7, 11) is 0. The summed E-state index contributed by atoms with van der Waals surface area (Å²) in [5, 5.41) is 8.88. The highest BCUT2D eigenvalue weighted by Gasteiger charge is 2.10. The molecule has 0 bridgehead atoms. The molecule has 3 rings (SSSR count). The first-order chi connectivity index (χ1) is 10.7. The molecule has 0 amide bonds. The molecule has 0 saturated carbocycles. The van der Waals surface area contributed by atoms with E-state index in [-0.39, 0.29) is 5.56 Å². The minimum Gasteiger partial charge on any atom is -0.486 e. The van der Waals surface area contributed by atoms with Crippen molar-refractivity contribution in [3.8, 4) is 5.75 Å². The second-order valence-electron chi connectivity index (χ2n) is 4.88. The number of nitrogens with zero attached hydrogens (tertiary/aromatic N) is 2. The number of para-hydroxylation sites is 2. The highest BCUT2D eigenvalue weighted by Crippen LogP contribution is 2.18. The molecule has 2 aromatic carbocycles.